The lowest BCUT2D eigenvalue weighted by molar-refractivity contribution is 0.229. The summed E-state index contributed by atoms with van der Waals surface area (Å²) in [6, 6.07) is 19.5. The zero-order valence-corrected chi connectivity index (χ0v) is 16.9. The standard InChI is InChI=1S/C24H27N3O/c1-17-10-5-6-12-19(17)20-13-7-8-14-21(20)26-23(28)27-22(24(2,3)4)18-11-9-15-25-16-18/h5-16,22H,1-4H3,(H2,26,27,28). The molecule has 1 aromatic heterocycles. The van der Waals surface area contributed by atoms with Gasteiger partial charge in [0.25, 0.3) is 0 Å². The quantitative estimate of drug-likeness (QED) is 0.592. The molecule has 0 spiro atoms. The summed E-state index contributed by atoms with van der Waals surface area (Å²) >= 11 is 0. The second-order valence-electron chi connectivity index (χ2n) is 8.04. The van der Waals surface area contributed by atoms with E-state index < -0.39 is 0 Å². The molecule has 28 heavy (non-hydrogen) atoms. The van der Waals surface area contributed by atoms with Crippen molar-refractivity contribution in [3.8, 4) is 11.1 Å². The molecule has 2 aromatic carbocycles. The summed E-state index contributed by atoms with van der Waals surface area (Å²) in [6.45, 7) is 8.38. The fraction of sp³-hybridized carbons (Fsp3) is 0.250. The van der Waals surface area contributed by atoms with Gasteiger partial charge in [-0.2, -0.15) is 0 Å². The highest BCUT2D eigenvalue weighted by molar-refractivity contribution is 5.95. The molecule has 0 aliphatic heterocycles. The predicted molar refractivity (Wildman–Crippen MR) is 115 cm³/mol. The summed E-state index contributed by atoms with van der Waals surface area (Å²) in [5.41, 5.74) is 4.89. The number of hydrogen-bond acceptors (Lipinski definition) is 2. The number of benzene rings is 2. The van der Waals surface area contributed by atoms with E-state index in [0.29, 0.717) is 0 Å². The molecule has 1 heterocycles. The maximum absolute atomic E-state index is 12.9. The van der Waals surface area contributed by atoms with Crippen molar-refractivity contribution in [3.63, 3.8) is 0 Å². The predicted octanol–water partition coefficient (Wildman–Crippen LogP) is 5.97. The third-order valence-corrected chi connectivity index (χ3v) is 4.77. The molecule has 4 nitrogen and oxygen atoms in total. The minimum absolute atomic E-state index is 0.157. The SMILES string of the molecule is Cc1ccccc1-c1ccccc1NC(=O)NC(c1cccnc1)C(C)(C)C. The molecule has 0 radical (unpaired) electrons. The van der Waals surface area contributed by atoms with Crippen LogP contribution >= 0.6 is 0 Å². The topological polar surface area (TPSA) is 54.0 Å². The monoisotopic (exact) mass is 373 g/mol. The maximum atomic E-state index is 12.9. The van der Waals surface area contributed by atoms with E-state index in [4.69, 9.17) is 0 Å². The number of anilines is 1. The van der Waals surface area contributed by atoms with Crippen LogP contribution in [0.5, 0.6) is 0 Å². The van der Waals surface area contributed by atoms with Gasteiger partial charge in [-0.05, 0) is 41.2 Å². The number of amides is 2. The van der Waals surface area contributed by atoms with Gasteiger partial charge in [-0.15, -0.1) is 0 Å². The lowest BCUT2D eigenvalue weighted by Gasteiger charge is -2.31. The Morgan fingerprint density at radius 1 is 0.929 bits per heavy atom. The second kappa shape index (κ2) is 8.26. The minimum atomic E-state index is -0.232. The second-order valence-corrected chi connectivity index (χ2v) is 8.04. The van der Waals surface area contributed by atoms with E-state index in [1.807, 2.05) is 48.5 Å². The van der Waals surface area contributed by atoms with E-state index in [9.17, 15) is 4.79 Å². The van der Waals surface area contributed by atoms with Crippen molar-refractivity contribution >= 4 is 11.7 Å². The van der Waals surface area contributed by atoms with Crippen LogP contribution in [-0.2, 0) is 0 Å². The average Bonchev–Trinajstić information content (AvgIpc) is 2.67. The fourth-order valence-electron chi connectivity index (χ4n) is 3.34. The Labute approximate surface area is 167 Å². The Bertz CT molecular complexity index is 945. The molecular formula is C24H27N3O. The van der Waals surface area contributed by atoms with Crippen LogP contribution in [0.25, 0.3) is 11.1 Å². The highest BCUT2D eigenvalue weighted by Crippen LogP contribution is 2.33. The molecule has 2 amide bonds. The van der Waals surface area contributed by atoms with Crippen molar-refractivity contribution < 1.29 is 4.79 Å². The lowest BCUT2D eigenvalue weighted by Crippen LogP contribution is -2.39. The van der Waals surface area contributed by atoms with Crippen molar-refractivity contribution in [1.82, 2.24) is 10.3 Å². The summed E-state index contributed by atoms with van der Waals surface area (Å²) in [6.07, 6.45) is 3.54. The van der Waals surface area contributed by atoms with Crippen molar-refractivity contribution in [3.05, 3.63) is 84.2 Å². The average molecular weight is 374 g/mol. The van der Waals surface area contributed by atoms with E-state index in [0.717, 1.165) is 22.4 Å². The van der Waals surface area contributed by atoms with E-state index in [1.54, 1.807) is 12.4 Å². The molecule has 0 saturated carbocycles. The van der Waals surface area contributed by atoms with Gasteiger partial charge in [0.1, 0.15) is 0 Å². The van der Waals surface area contributed by atoms with Crippen LogP contribution in [0.3, 0.4) is 0 Å². The van der Waals surface area contributed by atoms with Gasteiger partial charge in [0.05, 0.1) is 11.7 Å². The van der Waals surface area contributed by atoms with Crippen molar-refractivity contribution in [2.24, 2.45) is 5.41 Å². The van der Waals surface area contributed by atoms with Gasteiger partial charge in [0.15, 0.2) is 0 Å². The van der Waals surface area contributed by atoms with E-state index in [-0.39, 0.29) is 17.5 Å². The summed E-state index contributed by atoms with van der Waals surface area (Å²) in [5, 5.41) is 6.16. The largest absolute Gasteiger partial charge is 0.330 e. The van der Waals surface area contributed by atoms with Crippen LogP contribution in [0, 0.1) is 12.3 Å². The number of aromatic nitrogens is 1. The van der Waals surface area contributed by atoms with Crippen LogP contribution in [0.2, 0.25) is 0 Å². The highest BCUT2D eigenvalue weighted by atomic mass is 16.2. The zero-order chi connectivity index (χ0) is 20.1. The minimum Gasteiger partial charge on any atom is -0.330 e. The van der Waals surface area contributed by atoms with E-state index >= 15 is 0 Å². The van der Waals surface area contributed by atoms with Gasteiger partial charge in [-0.3, -0.25) is 4.98 Å². The van der Waals surface area contributed by atoms with Crippen molar-refractivity contribution in [2.75, 3.05) is 5.32 Å². The van der Waals surface area contributed by atoms with Crippen LogP contribution in [-0.4, -0.2) is 11.0 Å². The van der Waals surface area contributed by atoms with Gasteiger partial charge in [-0.25, -0.2) is 4.79 Å². The van der Waals surface area contributed by atoms with E-state index in [2.05, 4.69) is 55.4 Å². The number of para-hydroxylation sites is 1. The summed E-state index contributed by atoms with van der Waals surface area (Å²) in [4.78, 5) is 17.1. The lowest BCUT2D eigenvalue weighted by atomic mass is 9.83. The molecule has 0 fully saturated rings. The normalized spacial score (nSPS) is 12.3. The number of hydrogen-bond donors (Lipinski definition) is 2. The van der Waals surface area contributed by atoms with Gasteiger partial charge in [0, 0.05) is 18.0 Å². The fourth-order valence-corrected chi connectivity index (χ4v) is 3.34. The molecule has 0 aliphatic rings. The number of carbonyl (C=O) groups excluding carboxylic acids is 1. The number of nitrogens with zero attached hydrogens (tertiary/aromatic N) is 1. The molecule has 1 atom stereocenters. The van der Waals surface area contributed by atoms with Crippen LogP contribution in [0.4, 0.5) is 10.5 Å². The molecule has 1 unspecified atom stereocenters. The van der Waals surface area contributed by atoms with Gasteiger partial charge >= 0.3 is 6.03 Å². The molecule has 3 rings (SSSR count). The molecule has 0 bridgehead atoms. The first-order valence-electron chi connectivity index (χ1n) is 9.49. The first kappa shape index (κ1) is 19.6. The Morgan fingerprint density at radius 3 is 2.25 bits per heavy atom. The first-order valence-corrected chi connectivity index (χ1v) is 9.49. The summed E-state index contributed by atoms with van der Waals surface area (Å²) in [7, 11) is 0. The van der Waals surface area contributed by atoms with Crippen molar-refractivity contribution in [1.29, 1.82) is 0 Å². The summed E-state index contributed by atoms with van der Waals surface area (Å²) in [5.74, 6) is 0. The molecule has 4 heteroatoms. The molecule has 0 aliphatic carbocycles. The number of nitrogens with one attached hydrogen (secondary N) is 2. The number of rotatable bonds is 4. The number of aryl methyl sites for hydroxylation is 1. The number of carbonyl (C=O) groups is 1. The third kappa shape index (κ3) is 4.58. The Hall–Kier alpha value is -3.14. The van der Waals surface area contributed by atoms with Gasteiger partial charge < -0.3 is 10.6 Å². The van der Waals surface area contributed by atoms with Gasteiger partial charge in [-0.1, -0.05) is 69.3 Å². The molecule has 144 valence electrons. The van der Waals surface area contributed by atoms with Gasteiger partial charge in [0.2, 0.25) is 0 Å². The van der Waals surface area contributed by atoms with Crippen LogP contribution < -0.4 is 10.6 Å². The summed E-state index contributed by atoms with van der Waals surface area (Å²) < 4.78 is 0. The van der Waals surface area contributed by atoms with Crippen molar-refractivity contribution in [2.45, 2.75) is 33.7 Å². The Morgan fingerprint density at radius 2 is 1.61 bits per heavy atom. The third-order valence-electron chi connectivity index (χ3n) is 4.77. The molecular weight excluding hydrogens is 346 g/mol. The zero-order valence-electron chi connectivity index (χ0n) is 16.9. The first-order chi connectivity index (χ1) is 13.4. The molecule has 3 aromatic rings. The van der Waals surface area contributed by atoms with E-state index in [1.165, 1.54) is 5.56 Å². The number of urea groups is 1. The highest BCUT2D eigenvalue weighted by Gasteiger charge is 2.28. The number of pyridine rings is 1. The molecule has 2 N–H and O–H groups in total. The Balaban J connectivity index is 1.85. The Kier molecular flexibility index (Phi) is 5.78. The molecule has 0 saturated heterocycles. The maximum Gasteiger partial charge on any atom is 0.319 e. The van der Waals surface area contributed by atoms with Crippen LogP contribution in [0.15, 0.2) is 73.1 Å². The van der Waals surface area contributed by atoms with Crippen LogP contribution in [0.1, 0.15) is 37.9 Å². The smallest absolute Gasteiger partial charge is 0.319 e.